The molecule has 0 bridgehead atoms. The predicted octanol–water partition coefficient (Wildman–Crippen LogP) is 5.61. The third-order valence-electron chi connectivity index (χ3n) is 4.19. The van der Waals surface area contributed by atoms with Crippen molar-refractivity contribution in [1.29, 1.82) is 0 Å². The highest BCUT2D eigenvalue weighted by Crippen LogP contribution is 2.32. The van der Waals surface area contributed by atoms with E-state index in [0.29, 0.717) is 5.92 Å². The van der Waals surface area contributed by atoms with Crippen molar-refractivity contribution < 1.29 is 0 Å². The predicted molar refractivity (Wildman–Crippen MR) is 87.4 cm³/mol. The Morgan fingerprint density at radius 3 is 2.35 bits per heavy atom. The minimum atomic E-state index is 0.418. The average Bonchev–Trinajstić information content (AvgIpc) is 2.48. The number of rotatable bonds is 2. The van der Waals surface area contributed by atoms with E-state index in [0.717, 1.165) is 0 Å². The summed E-state index contributed by atoms with van der Waals surface area (Å²) in [6, 6.07) is 22.0. The summed E-state index contributed by atoms with van der Waals surface area (Å²) in [7, 11) is 0. The summed E-state index contributed by atoms with van der Waals surface area (Å²) in [5.74, 6) is 0.418. The molecule has 0 saturated carbocycles. The van der Waals surface area contributed by atoms with Crippen molar-refractivity contribution in [2.24, 2.45) is 0 Å². The molecule has 100 valence electrons. The molecular formula is C20H20. The Labute approximate surface area is 121 Å². The van der Waals surface area contributed by atoms with Gasteiger partial charge in [0.2, 0.25) is 0 Å². The van der Waals surface area contributed by atoms with Gasteiger partial charge in [0.15, 0.2) is 0 Å². The summed E-state index contributed by atoms with van der Waals surface area (Å²) < 4.78 is 0. The van der Waals surface area contributed by atoms with Gasteiger partial charge < -0.3 is 0 Å². The van der Waals surface area contributed by atoms with Crippen LogP contribution >= 0.6 is 0 Å². The number of fused-ring (bicyclic) bond motifs is 1. The Morgan fingerprint density at radius 1 is 0.750 bits per heavy atom. The van der Waals surface area contributed by atoms with Crippen molar-refractivity contribution in [3.63, 3.8) is 0 Å². The molecule has 0 nitrogen and oxygen atoms in total. The second-order valence-electron chi connectivity index (χ2n) is 5.65. The third-order valence-corrected chi connectivity index (χ3v) is 4.19. The van der Waals surface area contributed by atoms with Crippen LogP contribution in [0.2, 0.25) is 0 Å². The van der Waals surface area contributed by atoms with Gasteiger partial charge >= 0.3 is 0 Å². The topological polar surface area (TPSA) is 0 Å². The molecular weight excluding hydrogens is 240 g/mol. The van der Waals surface area contributed by atoms with Gasteiger partial charge in [0, 0.05) is 5.92 Å². The number of hydrogen-bond acceptors (Lipinski definition) is 0. The van der Waals surface area contributed by atoms with Crippen LogP contribution in [0.25, 0.3) is 10.8 Å². The van der Waals surface area contributed by atoms with Gasteiger partial charge in [-0.2, -0.15) is 0 Å². The van der Waals surface area contributed by atoms with Crippen LogP contribution in [0.15, 0.2) is 60.7 Å². The van der Waals surface area contributed by atoms with Crippen LogP contribution in [-0.2, 0) is 0 Å². The van der Waals surface area contributed by atoms with Gasteiger partial charge in [0.25, 0.3) is 0 Å². The third kappa shape index (κ3) is 2.22. The Morgan fingerprint density at radius 2 is 1.50 bits per heavy atom. The highest BCUT2D eigenvalue weighted by molar-refractivity contribution is 5.86. The first kappa shape index (κ1) is 12.9. The van der Waals surface area contributed by atoms with Crippen molar-refractivity contribution >= 4 is 10.8 Å². The molecule has 0 aliphatic heterocycles. The van der Waals surface area contributed by atoms with E-state index in [1.807, 2.05) is 0 Å². The minimum absolute atomic E-state index is 0.418. The zero-order valence-electron chi connectivity index (χ0n) is 12.4. The molecule has 0 aromatic heterocycles. The summed E-state index contributed by atoms with van der Waals surface area (Å²) in [5.41, 5.74) is 5.55. The van der Waals surface area contributed by atoms with E-state index in [9.17, 15) is 0 Å². The quantitative estimate of drug-likeness (QED) is 0.562. The van der Waals surface area contributed by atoms with Gasteiger partial charge in [-0.3, -0.25) is 0 Å². The summed E-state index contributed by atoms with van der Waals surface area (Å²) in [4.78, 5) is 0. The van der Waals surface area contributed by atoms with Crippen molar-refractivity contribution in [3.8, 4) is 0 Å². The van der Waals surface area contributed by atoms with E-state index in [-0.39, 0.29) is 0 Å². The average molecular weight is 260 g/mol. The van der Waals surface area contributed by atoms with E-state index in [2.05, 4.69) is 81.4 Å². The smallest absolute Gasteiger partial charge is 0.00698 e. The first-order valence-corrected chi connectivity index (χ1v) is 7.21. The van der Waals surface area contributed by atoms with E-state index in [1.54, 1.807) is 0 Å². The molecule has 3 aromatic carbocycles. The summed E-state index contributed by atoms with van der Waals surface area (Å²) >= 11 is 0. The lowest BCUT2D eigenvalue weighted by atomic mass is 9.86. The highest BCUT2D eigenvalue weighted by atomic mass is 14.2. The lowest BCUT2D eigenvalue weighted by molar-refractivity contribution is 0.917. The van der Waals surface area contributed by atoms with Gasteiger partial charge in [-0.25, -0.2) is 0 Å². The maximum absolute atomic E-state index is 2.32. The molecule has 0 fully saturated rings. The Hall–Kier alpha value is -2.08. The van der Waals surface area contributed by atoms with Gasteiger partial charge in [-0.05, 0) is 41.3 Å². The molecule has 3 aromatic rings. The van der Waals surface area contributed by atoms with Crippen LogP contribution in [-0.4, -0.2) is 0 Å². The molecule has 0 aliphatic rings. The standard InChI is InChI=1S/C20H20/c1-14-11-12-15(2)20(13-14)16(3)18-10-6-8-17-7-4-5-9-19(17)18/h4-13,16H,1-3H3. The van der Waals surface area contributed by atoms with Crippen molar-refractivity contribution in [3.05, 3.63) is 82.9 Å². The second kappa shape index (κ2) is 5.13. The summed E-state index contributed by atoms with van der Waals surface area (Å²) in [6.07, 6.45) is 0. The summed E-state index contributed by atoms with van der Waals surface area (Å²) in [6.45, 7) is 6.68. The van der Waals surface area contributed by atoms with E-state index in [4.69, 9.17) is 0 Å². The molecule has 3 rings (SSSR count). The van der Waals surface area contributed by atoms with Crippen LogP contribution in [0.3, 0.4) is 0 Å². The zero-order chi connectivity index (χ0) is 14.1. The minimum Gasteiger partial charge on any atom is -0.0616 e. The fourth-order valence-corrected chi connectivity index (χ4v) is 3.02. The molecule has 1 atom stereocenters. The fourth-order valence-electron chi connectivity index (χ4n) is 3.02. The van der Waals surface area contributed by atoms with E-state index < -0.39 is 0 Å². The Kier molecular flexibility index (Phi) is 3.31. The molecule has 0 heteroatoms. The van der Waals surface area contributed by atoms with Crippen LogP contribution < -0.4 is 0 Å². The van der Waals surface area contributed by atoms with Gasteiger partial charge in [0.1, 0.15) is 0 Å². The maximum Gasteiger partial charge on any atom is 0.00698 e. The Balaban J connectivity index is 2.17. The van der Waals surface area contributed by atoms with Crippen molar-refractivity contribution in [2.45, 2.75) is 26.7 Å². The molecule has 1 unspecified atom stereocenters. The van der Waals surface area contributed by atoms with Crippen molar-refractivity contribution in [1.82, 2.24) is 0 Å². The largest absolute Gasteiger partial charge is 0.0616 e. The molecule has 0 amide bonds. The van der Waals surface area contributed by atoms with Crippen LogP contribution in [0.1, 0.15) is 35.1 Å². The summed E-state index contributed by atoms with van der Waals surface area (Å²) in [5, 5.41) is 2.69. The van der Waals surface area contributed by atoms with E-state index in [1.165, 1.54) is 33.0 Å². The van der Waals surface area contributed by atoms with Crippen LogP contribution in [0.4, 0.5) is 0 Å². The molecule has 0 radical (unpaired) electrons. The zero-order valence-corrected chi connectivity index (χ0v) is 12.4. The lowest BCUT2D eigenvalue weighted by Gasteiger charge is -2.18. The van der Waals surface area contributed by atoms with E-state index >= 15 is 0 Å². The Bertz CT molecular complexity index is 748. The maximum atomic E-state index is 2.32. The molecule has 0 aliphatic carbocycles. The highest BCUT2D eigenvalue weighted by Gasteiger charge is 2.13. The molecule has 0 spiro atoms. The molecule has 0 heterocycles. The molecule has 0 N–H and O–H groups in total. The normalized spacial score (nSPS) is 12.6. The van der Waals surface area contributed by atoms with Gasteiger partial charge in [0.05, 0.1) is 0 Å². The van der Waals surface area contributed by atoms with Crippen molar-refractivity contribution in [2.75, 3.05) is 0 Å². The molecule has 20 heavy (non-hydrogen) atoms. The van der Waals surface area contributed by atoms with Gasteiger partial charge in [-0.15, -0.1) is 0 Å². The van der Waals surface area contributed by atoms with Crippen LogP contribution in [0, 0.1) is 13.8 Å². The number of aryl methyl sites for hydroxylation is 2. The first-order valence-electron chi connectivity index (χ1n) is 7.21. The van der Waals surface area contributed by atoms with Crippen LogP contribution in [0.5, 0.6) is 0 Å². The first-order chi connectivity index (χ1) is 9.66. The SMILES string of the molecule is Cc1ccc(C)c(C(C)c2cccc3ccccc23)c1. The lowest BCUT2D eigenvalue weighted by Crippen LogP contribution is -2.00. The van der Waals surface area contributed by atoms with Gasteiger partial charge in [-0.1, -0.05) is 73.2 Å². The second-order valence-corrected chi connectivity index (χ2v) is 5.65. The fraction of sp³-hybridized carbons (Fsp3) is 0.200. The number of benzene rings is 3. The monoisotopic (exact) mass is 260 g/mol. The molecule has 0 saturated heterocycles. The number of hydrogen-bond donors (Lipinski definition) is 0.